The molecule has 0 aromatic carbocycles. The molecule has 0 heterocycles. The third kappa shape index (κ3) is 54.8. The highest BCUT2D eigenvalue weighted by molar-refractivity contribution is 5.71. The van der Waals surface area contributed by atoms with Crippen LogP contribution in [0.3, 0.4) is 0 Å². The van der Waals surface area contributed by atoms with Crippen LogP contribution < -0.4 is 0 Å². The second kappa shape index (κ2) is 57.5. The third-order valence-electron chi connectivity index (χ3n) is 13.7. The smallest absolute Gasteiger partial charge is 0.306 e. The first kappa shape index (κ1) is 65.9. The maximum absolute atomic E-state index is 12.9. The molecule has 0 aromatic heterocycles. The molecule has 0 saturated carbocycles. The molecule has 0 fully saturated rings. The second-order valence-electron chi connectivity index (χ2n) is 20.6. The number of unbranched alkanes of at least 4 members (excludes halogenated alkanes) is 41. The summed E-state index contributed by atoms with van der Waals surface area (Å²) in [4.78, 5) is 38.2. The van der Waals surface area contributed by atoms with Crippen LogP contribution in [-0.4, -0.2) is 37.2 Å². The van der Waals surface area contributed by atoms with Gasteiger partial charge in [0.05, 0.1) is 0 Å². The van der Waals surface area contributed by atoms with Crippen molar-refractivity contribution in [2.45, 2.75) is 341 Å². The van der Waals surface area contributed by atoms with E-state index in [2.05, 4.69) is 45.1 Å². The van der Waals surface area contributed by atoms with Crippen molar-refractivity contribution in [1.82, 2.24) is 0 Å². The SMILES string of the molecule is CC/C=C\C/C=C\CCCCCCCC(=O)OCC(COC(=O)CCCCCCCCCCCCCCCCCCCCC)OC(=O)CCCCCCCCCCCCCCCCCCCCC. The van der Waals surface area contributed by atoms with E-state index in [9.17, 15) is 14.4 Å². The lowest BCUT2D eigenvalue weighted by Crippen LogP contribution is -2.30. The molecule has 0 spiro atoms. The summed E-state index contributed by atoms with van der Waals surface area (Å²) in [6.45, 7) is 6.58. The summed E-state index contributed by atoms with van der Waals surface area (Å²) < 4.78 is 16.9. The minimum Gasteiger partial charge on any atom is -0.462 e. The molecule has 0 radical (unpaired) electrons. The maximum Gasteiger partial charge on any atom is 0.306 e. The normalized spacial score (nSPS) is 12.1. The van der Waals surface area contributed by atoms with Gasteiger partial charge >= 0.3 is 17.9 Å². The van der Waals surface area contributed by atoms with Gasteiger partial charge in [-0.05, 0) is 44.9 Å². The van der Waals surface area contributed by atoms with E-state index in [-0.39, 0.29) is 31.1 Å². The van der Waals surface area contributed by atoms with E-state index < -0.39 is 6.10 Å². The summed E-state index contributed by atoms with van der Waals surface area (Å²) in [7, 11) is 0. The molecule has 0 saturated heterocycles. The molecule has 0 aliphatic rings. The van der Waals surface area contributed by atoms with E-state index in [1.54, 1.807) is 0 Å². The second-order valence-corrected chi connectivity index (χ2v) is 20.6. The number of carbonyl (C=O) groups excluding carboxylic acids is 3. The summed E-state index contributed by atoms with van der Waals surface area (Å²) in [6.07, 6.45) is 67.5. The standard InChI is InChI=1S/C62H116O6/c1-4-7-10-13-16-19-22-25-27-29-31-33-35-37-40-43-46-49-52-55-61(64)67-58-59(57-66-60(63)54-51-48-45-42-39-24-21-18-15-12-9-6-3)68-62(65)56-53-50-47-44-41-38-36-34-32-30-28-26-23-20-17-14-11-8-5-2/h9,12,18,21,59H,4-8,10-11,13-17,19-20,22-58H2,1-3H3/b12-9-,21-18-. The molecule has 0 aromatic rings. The van der Waals surface area contributed by atoms with Crippen molar-refractivity contribution in [3.63, 3.8) is 0 Å². The van der Waals surface area contributed by atoms with Crippen LogP contribution >= 0.6 is 0 Å². The van der Waals surface area contributed by atoms with E-state index >= 15 is 0 Å². The first-order chi connectivity index (χ1) is 33.5. The molecule has 0 rings (SSSR count). The molecular weight excluding hydrogens is 841 g/mol. The monoisotopic (exact) mass is 957 g/mol. The number of carbonyl (C=O) groups is 3. The lowest BCUT2D eigenvalue weighted by atomic mass is 10.0. The summed E-state index contributed by atoms with van der Waals surface area (Å²) >= 11 is 0. The third-order valence-corrected chi connectivity index (χ3v) is 13.7. The van der Waals surface area contributed by atoms with Crippen LogP contribution in [0.2, 0.25) is 0 Å². The molecule has 400 valence electrons. The number of hydrogen-bond donors (Lipinski definition) is 0. The molecular formula is C62H116O6. The Kier molecular flexibility index (Phi) is 55.7. The molecule has 68 heavy (non-hydrogen) atoms. The number of rotatable bonds is 56. The van der Waals surface area contributed by atoms with Gasteiger partial charge in [-0.2, -0.15) is 0 Å². The lowest BCUT2D eigenvalue weighted by molar-refractivity contribution is -0.167. The molecule has 0 aliphatic heterocycles. The van der Waals surface area contributed by atoms with E-state index in [1.165, 1.54) is 212 Å². The average Bonchev–Trinajstić information content (AvgIpc) is 3.34. The highest BCUT2D eigenvalue weighted by Crippen LogP contribution is 2.18. The zero-order chi connectivity index (χ0) is 49.3. The van der Waals surface area contributed by atoms with Gasteiger partial charge in [0.1, 0.15) is 13.2 Å². The van der Waals surface area contributed by atoms with E-state index in [0.717, 1.165) is 83.5 Å². The van der Waals surface area contributed by atoms with Crippen LogP contribution in [0, 0.1) is 0 Å². The van der Waals surface area contributed by atoms with Gasteiger partial charge in [-0.3, -0.25) is 14.4 Å². The van der Waals surface area contributed by atoms with Gasteiger partial charge in [0.2, 0.25) is 0 Å². The van der Waals surface area contributed by atoms with Crippen molar-refractivity contribution in [3.05, 3.63) is 24.3 Å². The Hall–Kier alpha value is -2.11. The van der Waals surface area contributed by atoms with Gasteiger partial charge < -0.3 is 14.2 Å². The average molecular weight is 958 g/mol. The highest BCUT2D eigenvalue weighted by Gasteiger charge is 2.19. The first-order valence-corrected chi connectivity index (χ1v) is 30.3. The first-order valence-electron chi connectivity index (χ1n) is 30.3. The zero-order valence-corrected chi connectivity index (χ0v) is 45.9. The van der Waals surface area contributed by atoms with Crippen LogP contribution in [-0.2, 0) is 28.6 Å². The highest BCUT2D eigenvalue weighted by atomic mass is 16.6. The Morgan fingerprint density at radius 3 is 0.882 bits per heavy atom. The van der Waals surface area contributed by atoms with E-state index in [4.69, 9.17) is 14.2 Å². The van der Waals surface area contributed by atoms with Crippen LogP contribution in [0.1, 0.15) is 335 Å². The number of allylic oxidation sites excluding steroid dienone is 4. The Balaban J connectivity index is 4.27. The fourth-order valence-corrected chi connectivity index (χ4v) is 9.19. The Morgan fingerprint density at radius 1 is 0.309 bits per heavy atom. The minimum absolute atomic E-state index is 0.0699. The fraction of sp³-hybridized carbons (Fsp3) is 0.887. The molecule has 6 heteroatoms. The van der Waals surface area contributed by atoms with Crippen molar-refractivity contribution in [2.75, 3.05) is 13.2 Å². The van der Waals surface area contributed by atoms with Gasteiger partial charge in [0.25, 0.3) is 0 Å². The lowest BCUT2D eigenvalue weighted by Gasteiger charge is -2.18. The van der Waals surface area contributed by atoms with Gasteiger partial charge in [0, 0.05) is 19.3 Å². The van der Waals surface area contributed by atoms with Crippen LogP contribution in [0.25, 0.3) is 0 Å². The predicted molar refractivity (Wildman–Crippen MR) is 293 cm³/mol. The molecule has 0 bridgehead atoms. The van der Waals surface area contributed by atoms with Gasteiger partial charge in [-0.1, -0.05) is 295 Å². The van der Waals surface area contributed by atoms with Crippen molar-refractivity contribution >= 4 is 17.9 Å². The molecule has 1 unspecified atom stereocenters. The maximum atomic E-state index is 12.9. The van der Waals surface area contributed by atoms with E-state index in [1.807, 2.05) is 0 Å². The summed E-state index contributed by atoms with van der Waals surface area (Å²) in [5.74, 6) is -0.861. The molecule has 0 amide bonds. The quantitative estimate of drug-likeness (QED) is 0.0262. The van der Waals surface area contributed by atoms with Crippen LogP contribution in [0.5, 0.6) is 0 Å². The predicted octanol–water partition coefficient (Wildman–Crippen LogP) is 20.3. The fourth-order valence-electron chi connectivity index (χ4n) is 9.19. The Morgan fingerprint density at radius 2 is 0.574 bits per heavy atom. The number of hydrogen-bond acceptors (Lipinski definition) is 6. The largest absolute Gasteiger partial charge is 0.462 e. The summed E-state index contributed by atoms with van der Waals surface area (Å²) in [5, 5.41) is 0. The van der Waals surface area contributed by atoms with Crippen molar-refractivity contribution in [3.8, 4) is 0 Å². The van der Waals surface area contributed by atoms with Crippen molar-refractivity contribution in [2.24, 2.45) is 0 Å². The van der Waals surface area contributed by atoms with Gasteiger partial charge in [-0.15, -0.1) is 0 Å². The molecule has 0 aliphatic carbocycles. The summed E-state index contributed by atoms with van der Waals surface area (Å²) in [6, 6.07) is 0. The van der Waals surface area contributed by atoms with Crippen molar-refractivity contribution < 1.29 is 28.6 Å². The molecule has 1 atom stereocenters. The Labute approximate surface area is 423 Å². The topological polar surface area (TPSA) is 78.9 Å². The van der Waals surface area contributed by atoms with Gasteiger partial charge in [-0.25, -0.2) is 0 Å². The zero-order valence-electron chi connectivity index (χ0n) is 45.9. The Bertz CT molecular complexity index is 1100. The van der Waals surface area contributed by atoms with Crippen LogP contribution in [0.4, 0.5) is 0 Å². The van der Waals surface area contributed by atoms with Crippen molar-refractivity contribution in [1.29, 1.82) is 0 Å². The number of ether oxygens (including phenoxy) is 3. The summed E-state index contributed by atoms with van der Waals surface area (Å²) in [5.41, 5.74) is 0. The molecule has 6 nitrogen and oxygen atoms in total. The minimum atomic E-state index is -0.772. The number of esters is 3. The van der Waals surface area contributed by atoms with E-state index in [0.29, 0.717) is 19.3 Å². The molecule has 0 N–H and O–H groups in total. The van der Waals surface area contributed by atoms with Gasteiger partial charge in [0.15, 0.2) is 6.10 Å². The van der Waals surface area contributed by atoms with Crippen LogP contribution in [0.15, 0.2) is 24.3 Å².